The number of amides is 1. The molecule has 9 nitrogen and oxygen atoms in total. The number of carbonyl (C=O) groups excluding carboxylic acids is 1. The van der Waals surface area contributed by atoms with Gasteiger partial charge in [-0.3, -0.25) is 4.79 Å². The summed E-state index contributed by atoms with van der Waals surface area (Å²) >= 11 is 5.76. The van der Waals surface area contributed by atoms with Crippen LogP contribution in [0.2, 0.25) is 5.15 Å². The number of aliphatic hydroxyl groups is 3. The molecule has 21 heavy (non-hydrogen) atoms. The second-order valence-electron chi connectivity index (χ2n) is 4.38. The quantitative estimate of drug-likeness (QED) is 0.518. The smallest absolute Gasteiger partial charge is 0.270 e. The van der Waals surface area contributed by atoms with Crippen LogP contribution in [0.4, 0.5) is 0 Å². The molecule has 0 radical (unpaired) electrons. The predicted molar refractivity (Wildman–Crippen MR) is 68.8 cm³/mol. The zero-order chi connectivity index (χ0) is 15.7. The Kier molecular flexibility index (Phi) is 4.59. The van der Waals surface area contributed by atoms with Gasteiger partial charge < -0.3 is 30.5 Å². The molecule has 2 heterocycles. The first-order valence-electron chi connectivity index (χ1n) is 5.94. The molecule has 0 saturated carbocycles. The number of hydrogen-bond donors (Lipinski definition) is 4. The van der Waals surface area contributed by atoms with E-state index in [0.29, 0.717) is 0 Å². The lowest BCUT2D eigenvalue weighted by Crippen LogP contribution is -2.32. The Morgan fingerprint density at radius 2 is 2.10 bits per heavy atom. The van der Waals surface area contributed by atoms with Gasteiger partial charge in [0.05, 0.1) is 13.7 Å². The molecule has 1 amide bonds. The Bertz CT molecular complexity index is 557. The van der Waals surface area contributed by atoms with Gasteiger partial charge in [0.2, 0.25) is 5.88 Å². The Morgan fingerprint density at radius 1 is 1.43 bits per heavy atom. The molecule has 5 N–H and O–H groups in total. The summed E-state index contributed by atoms with van der Waals surface area (Å²) in [6.07, 6.45) is -4.84. The van der Waals surface area contributed by atoms with E-state index in [-0.39, 0.29) is 22.4 Å². The number of primary amides is 1. The summed E-state index contributed by atoms with van der Waals surface area (Å²) < 4.78 is 10.3. The number of methoxy groups -OCH3 is 1. The molecule has 10 heteroatoms. The van der Waals surface area contributed by atoms with Crippen LogP contribution in [0.1, 0.15) is 22.3 Å². The van der Waals surface area contributed by atoms with Gasteiger partial charge in [0.1, 0.15) is 30.1 Å². The van der Waals surface area contributed by atoms with Gasteiger partial charge in [-0.25, -0.2) is 4.98 Å². The van der Waals surface area contributed by atoms with Crippen LogP contribution in [0.5, 0.6) is 5.88 Å². The first kappa shape index (κ1) is 15.9. The van der Waals surface area contributed by atoms with Crippen molar-refractivity contribution >= 4 is 17.5 Å². The monoisotopic (exact) mass is 319 g/mol. The Balaban J connectivity index is 2.47. The van der Waals surface area contributed by atoms with Crippen LogP contribution in [-0.4, -0.2) is 63.2 Å². The van der Waals surface area contributed by atoms with Gasteiger partial charge in [-0.05, 0) is 0 Å². The summed E-state index contributed by atoms with van der Waals surface area (Å²) in [5, 5.41) is 28.5. The first-order valence-corrected chi connectivity index (χ1v) is 6.32. The van der Waals surface area contributed by atoms with E-state index in [1.807, 2.05) is 0 Å². The summed E-state index contributed by atoms with van der Waals surface area (Å²) in [5.74, 6) is -0.997. The van der Waals surface area contributed by atoms with Crippen LogP contribution in [-0.2, 0) is 4.74 Å². The van der Waals surface area contributed by atoms with Crippen LogP contribution in [0.15, 0.2) is 0 Å². The predicted octanol–water partition coefficient (Wildman–Crippen LogP) is -1.61. The second-order valence-corrected chi connectivity index (χ2v) is 4.74. The van der Waals surface area contributed by atoms with E-state index in [1.54, 1.807) is 0 Å². The molecular formula is C11H14ClN3O6. The first-order chi connectivity index (χ1) is 9.90. The third kappa shape index (κ3) is 2.78. The minimum absolute atomic E-state index is 0.0433. The minimum Gasteiger partial charge on any atom is -0.480 e. The van der Waals surface area contributed by atoms with Gasteiger partial charge in [0, 0.05) is 0 Å². The van der Waals surface area contributed by atoms with E-state index >= 15 is 0 Å². The maximum Gasteiger partial charge on any atom is 0.270 e. The Morgan fingerprint density at radius 3 is 2.57 bits per heavy atom. The average Bonchev–Trinajstić information content (AvgIpc) is 2.74. The summed E-state index contributed by atoms with van der Waals surface area (Å²) in [5.41, 5.74) is 4.77. The lowest BCUT2D eigenvalue weighted by Gasteiger charge is -2.17. The summed E-state index contributed by atoms with van der Waals surface area (Å²) in [4.78, 5) is 19.0. The summed E-state index contributed by atoms with van der Waals surface area (Å²) in [7, 11) is 1.29. The van der Waals surface area contributed by atoms with Crippen molar-refractivity contribution in [1.29, 1.82) is 0 Å². The van der Waals surface area contributed by atoms with Crippen molar-refractivity contribution in [2.24, 2.45) is 5.73 Å². The highest BCUT2D eigenvalue weighted by atomic mass is 35.5. The molecule has 1 aromatic rings. The molecule has 2 rings (SSSR count). The summed E-state index contributed by atoms with van der Waals surface area (Å²) in [6.45, 7) is -0.499. The van der Waals surface area contributed by atoms with Crippen molar-refractivity contribution in [3.05, 3.63) is 16.5 Å². The fourth-order valence-corrected chi connectivity index (χ4v) is 2.24. The molecule has 4 unspecified atom stereocenters. The van der Waals surface area contributed by atoms with Gasteiger partial charge in [0.15, 0.2) is 10.8 Å². The zero-order valence-electron chi connectivity index (χ0n) is 10.9. The third-order valence-corrected chi connectivity index (χ3v) is 3.35. The number of hydrogen-bond acceptors (Lipinski definition) is 8. The second kappa shape index (κ2) is 6.08. The number of nitrogens with zero attached hydrogens (tertiary/aromatic N) is 2. The number of ether oxygens (including phenoxy) is 2. The highest BCUT2D eigenvalue weighted by molar-refractivity contribution is 6.32. The lowest BCUT2D eigenvalue weighted by molar-refractivity contribution is -0.0247. The number of nitrogens with two attached hydrogens (primary N) is 1. The molecule has 1 aliphatic rings. The van der Waals surface area contributed by atoms with E-state index in [1.165, 1.54) is 7.11 Å². The van der Waals surface area contributed by atoms with E-state index in [9.17, 15) is 15.0 Å². The molecule has 0 bridgehead atoms. The fraction of sp³-hybridized carbons (Fsp3) is 0.545. The number of aliphatic hydroxyl groups excluding tert-OH is 3. The lowest BCUT2D eigenvalue weighted by atomic mass is 10.1. The minimum atomic E-state index is -1.38. The van der Waals surface area contributed by atoms with Crippen molar-refractivity contribution in [1.82, 2.24) is 9.97 Å². The van der Waals surface area contributed by atoms with Crippen molar-refractivity contribution < 1.29 is 29.6 Å². The number of carbonyl (C=O) groups is 1. The fourth-order valence-electron chi connectivity index (χ4n) is 2.03. The molecule has 1 saturated heterocycles. The van der Waals surface area contributed by atoms with Crippen molar-refractivity contribution in [2.45, 2.75) is 24.4 Å². The molecular weight excluding hydrogens is 306 g/mol. The van der Waals surface area contributed by atoms with Crippen LogP contribution in [0.25, 0.3) is 0 Å². The van der Waals surface area contributed by atoms with Gasteiger partial charge in [-0.2, -0.15) is 4.98 Å². The number of aromatic nitrogens is 2. The van der Waals surface area contributed by atoms with Crippen molar-refractivity contribution in [3.8, 4) is 5.88 Å². The average molecular weight is 320 g/mol. The van der Waals surface area contributed by atoms with Gasteiger partial charge >= 0.3 is 0 Å². The van der Waals surface area contributed by atoms with Crippen molar-refractivity contribution in [3.63, 3.8) is 0 Å². The SMILES string of the molecule is COc1nc(Cl)c(C(N)=O)nc1C1OC(CO)C(O)C1O. The van der Waals surface area contributed by atoms with E-state index in [4.69, 9.17) is 31.9 Å². The standard InChI is InChI=1S/C11H14ClN3O6/c1-20-11-4(14-5(10(13)19)9(12)15-11)8-7(18)6(17)3(2-16)21-8/h3,6-8,16-18H,2H2,1H3,(H2,13,19). The van der Waals surface area contributed by atoms with Crippen LogP contribution in [0, 0.1) is 0 Å². The van der Waals surface area contributed by atoms with Gasteiger partial charge in [0.25, 0.3) is 5.91 Å². The van der Waals surface area contributed by atoms with Crippen LogP contribution in [0.3, 0.4) is 0 Å². The molecule has 1 aliphatic heterocycles. The largest absolute Gasteiger partial charge is 0.480 e. The maximum atomic E-state index is 11.3. The Labute approximate surface area is 124 Å². The highest BCUT2D eigenvalue weighted by Crippen LogP contribution is 2.36. The topological polar surface area (TPSA) is 148 Å². The normalized spacial score (nSPS) is 28.6. The van der Waals surface area contributed by atoms with Gasteiger partial charge in [-0.15, -0.1) is 0 Å². The van der Waals surface area contributed by atoms with E-state index in [0.717, 1.165) is 0 Å². The van der Waals surface area contributed by atoms with Crippen molar-refractivity contribution in [2.75, 3.05) is 13.7 Å². The molecule has 1 fully saturated rings. The number of halogens is 1. The zero-order valence-corrected chi connectivity index (χ0v) is 11.7. The summed E-state index contributed by atoms with van der Waals surface area (Å²) in [6, 6.07) is 0. The van der Waals surface area contributed by atoms with E-state index in [2.05, 4.69) is 9.97 Å². The molecule has 1 aromatic heterocycles. The van der Waals surface area contributed by atoms with E-state index < -0.39 is 36.9 Å². The van der Waals surface area contributed by atoms with Crippen LogP contribution < -0.4 is 10.5 Å². The molecule has 0 aliphatic carbocycles. The molecule has 0 aromatic carbocycles. The molecule has 116 valence electrons. The Hall–Kier alpha value is -1.52. The molecule has 4 atom stereocenters. The van der Waals surface area contributed by atoms with Crippen LogP contribution >= 0.6 is 11.6 Å². The molecule has 0 spiro atoms. The number of rotatable bonds is 4. The van der Waals surface area contributed by atoms with Gasteiger partial charge in [-0.1, -0.05) is 11.6 Å². The maximum absolute atomic E-state index is 11.3. The highest BCUT2D eigenvalue weighted by Gasteiger charge is 2.45. The third-order valence-electron chi connectivity index (χ3n) is 3.09.